The molecule has 0 radical (unpaired) electrons. The number of carboxylic acids is 2. The van der Waals surface area contributed by atoms with E-state index in [-0.39, 0.29) is 22.5 Å². The predicted molar refractivity (Wildman–Crippen MR) is 73.5 cm³/mol. The van der Waals surface area contributed by atoms with Crippen LogP contribution in [-0.4, -0.2) is 31.7 Å². The van der Waals surface area contributed by atoms with Crippen LogP contribution < -0.4 is 5.76 Å². The van der Waals surface area contributed by atoms with Gasteiger partial charge in [-0.25, -0.2) is 23.9 Å². The number of oxazole rings is 1. The largest absolute Gasteiger partial charge is 0.478 e. The highest BCUT2D eigenvalue weighted by Gasteiger charge is 2.19. The topological polar surface area (TPSA) is 123 Å². The van der Waals surface area contributed by atoms with Gasteiger partial charge in [-0.3, -0.25) is 0 Å². The van der Waals surface area contributed by atoms with Crippen molar-refractivity contribution in [3.63, 3.8) is 0 Å². The van der Waals surface area contributed by atoms with Gasteiger partial charge >= 0.3 is 17.7 Å². The van der Waals surface area contributed by atoms with E-state index in [1.807, 2.05) is 0 Å². The summed E-state index contributed by atoms with van der Waals surface area (Å²) >= 11 is 0. The molecule has 8 nitrogen and oxygen atoms in total. The van der Waals surface area contributed by atoms with Gasteiger partial charge in [-0.05, 0) is 30.3 Å². The summed E-state index contributed by atoms with van der Waals surface area (Å²) in [5.41, 5.74) is -0.185. The zero-order chi connectivity index (χ0) is 15.9. The second-order valence-electron chi connectivity index (χ2n) is 4.37. The second kappa shape index (κ2) is 4.85. The summed E-state index contributed by atoms with van der Waals surface area (Å²) in [4.78, 5) is 38.2. The van der Waals surface area contributed by atoms with Crippen LogP contribution in [0.4, 0.5) is 0 Å². The number of fused-ring (bicyclic) bond motifs is 1. The standard InChI is InChI=1S/C14H8N2O6/c17-12(18)8-4-3-7(6-9(8)13(19)20)16-11-10(22-14(16)21)2-1-5-15-11/h1-6H,(H,17,18)(H,19,20). The Morgan fingerprint density at radius 1 is 1.09 bits per heavy atom. The lowest BCUT2D eigenvalue weighted by Gasteiger charge is -2.06. The van der Waals surface area contributed by atoms with Gasteiger partial charge in [0.25, 0.3) is 0 Å². The van der Waals surface area contributed by atoms with E-state index in [4.69, 9.17) is 14.6 Å². The monoisotopic (exact) mass is 300 g/mol. The Kier molecular flexibility index (Phi) is 2.99. The molecule has 0 atom stereocenters. The molecule has 2 heterocycles. The average Bonchev–Trinajstić information content (AvgIpc) is 2.82. The van der Waals surface area contributed by atoms with E-state index in [0.717, 1.165) is 16.7 Å². The lowest BCUT2D eigenvalue weighted by atomic mass is 10.1. The van der Waals surface area contributed by atoms with Crippen molar-refractivity contribution in [2.75, 3.05) is 0 Å². The maximum absolute atomic E-state index is 11.9. The van der Waals surface area contributed by atoms with Gasteiger partial charge in [-0.2, -0.15) is 0 Å². The van der Waals surface area contributed by atoms with Crippen LogP contribution in [0.1, 0.15) is 20.7 Å². The number of hydrogen-bond acceptors (Lipinski definition) is 5. The van der Waals surface area contributed by atoms with Crippen LogP contribution in [0.3, 0.4) is 0 Å². The van der Waals surface area contributed by atoms with Crippen LogP contribution in [0.2, 0.25) is 0 Å². The Balaban J connectivity index is 2.30. The fourth-order valence-corrected chi connectivity index (χ4v) is 2.12. The molecule has 0 fully saturated rings. The minimum Gasteiger partial charge on any atom is -0.478 e. The minimum absolute atomic E-state index is 0.157. The lowest BCUT2D eigenvalue weighted by Crippen LogP contribution is -2.15. The van der Waals surface area contributed by atoms with Crippen LogP contribution in [0, 0.1) is 0 Å². The van der Waals surface area contributed by atoms with Gasteiger partial charge in [-0.15, -0.1) is 0 Å². The molecule has 0 bridgehead atoms. The van der Waals surface area contributed by atoms with Crippen LogP contribution >= 0.6 is 0 Å². The third-order valence-corrected chi connectivity index (χ3v) is 3.06. The van der Waals surface area contributed by atoms with Crippen LogP contribution in [-0.2, 0) is 0 Å². The van der Waals surface area contributed by atoms with Gasteiger partial charge in [0, 0.05) is 6.20 Å². The van der Waals surface area contributed by atoms with Crippen molar-refractivity contribution in [3.8, 4) is 5.69 Å². The van der Waals surface area contributed by atoms with E-state index >= 15 is 0 Å². The molecule has 0 spiro atoms. The zero-order valence-electron chi connectivity index (χ0n) is 10.9. The van der Waals surface area contributed by atoms with E-state index in [0.29, 0.717) is 0 Å². The molecule has 0 saturated heterocycles. The van der Waals surface area contributed by atoms with E-state index in [1.165, 1.54) is 12.3 Å². The minimum atomic E-state index is -1.41. The third kappa shape index (κ3) is 2.03. The molecule has 0 aliphatic rings. The Labute approximate surface area is 121 Å². The molecule has 2 N–H and O–H groups in total. The first-order valence-corrected chi connectivity index (χ1v) is 6.06. The summed E-state index contributed by atoms with van der Waals surface area (Å²) in [5, 5.41) is 18.1. The molecule has 3 aromatic rings. The highest BCUT2D eigenvalue weighted by atomic mass is 16.4. The molecule has 110 valence electrons. The molecule has 0 aliphatic carbocycles. The fraction of sp³-hybridized carbons (Fsp3) is 0. The predicted octanol–water partition coefficient (Wildman–Crippen LogP) is 1.38. The fourth-order valence-electron chi connectivity index (χ4n) is 2.12. The number of carboxylic acid groups (broad SMARTS) is 2. The zero-order valence-corrected chi connectivity index (χ0v) is 10.9. The number of aromatic nitrogens is 2. The normalized spacial score (nSPS) is 10.7. The molecule has 22 heavy (non-hydrogen) atoms. The summed E-state index contributed by atoms with van der Waals surface area (Å²) in [6.45, 7) is 0. The Morgan fingerprint density at radius 2 is 1.82 bits per heavy atom. The van der Waals surface area contributed by atoms with Crippen molar-refractivity contribution in [2.24, 2.45) is 0 Å². The molecule has 0 amide bonds. The maximum Gasteiger partial charge on any atom is 0.425 e. The number of aromatic carboxylic acids is 2. The van der Waals surface area contributed by atoms with Crippen LogP contribution in [0.5, 0.6) is 0 Å². The number of benzene rings is 1. The summed E-state index contributed by atoms with van der Waals surface area (Å²) in [6, 6.07) is 6.67. The molecule has 0 unspecified atom stereocenters. The number of carbonyl (C=O) groups is 2. The van der Waals surface area contributed by atoms with E-state index in [2.05, 4.69) is 4.98 Å². The van der Waals surface area contributed by atoms with Gasteiger partial charge in [-0.1, -0.05) is 0 Å². The molecular formula is C14H8N2O6. The van der Waals surface area contributed by atoms with Crippen molar-refractivity contribution in [1.29, 1.82) is 0 Å². The summed E-state index contributed by atoms with van der Waals surface area (Å²) in [5.74, 6) is -3.52. The number of nitrogens with zero attached hydrogens (tertiary/aromatic N) is 2. The number of hydrogen-bond donors (Lipinski definition) is 2. The van der Waals surface area contributed by atoms with Crippen LogP contribution in [0.25, 0.3) is 16.9 Å². The molecule has 1 aromatic carbocycles. The van der Waals surface area contributed by atoms with Gasteiger partial charge in [0.1, 0.15) is 0 Å². The van der Waals surface area contributed by atoms with Crippen molar-refractivity contribution >= 4 is 23.2 Å². The smallest absolute Gasteiger partial charge is 0.425 e. The van der Waals surface area contributed by atoms with Crippen molar-refractivity contribution < 1.29 is 24.2 Å². The summed E-state index contributed by atoms with van der Waals surface area (Å²) in [6.07, 6.45) is 1.46. The SMILES string of the molecule is O=C(O)c1ccc(-n2c(=O)oc3cccnc32)cc1C(=O)O. The molecule has 0 aliphatic heterocycles. The Morgan fingerprint density at radius 3 is 2.50 bits per heavy atom. The highest BCUT2D eigenvalue weighted by Crippen LogP contribution is 2.19. The quantitative estimate of drug-likeness (QED) is 0.748. The number of rotatable bonds is 3. The van der Waals surface area contributed by atoms with E-state index in [9.17, 15) is 14.4 Å². The molecule has 8 heteroatoms. The van der Waals surface area contributed by atoms with Crippen molar-refractivity contribution in [2.45, 2.75) is 0 Å². The first kappa shape index (κ1) is 13.6. The molecular weight excluding hydrogens is 292 g/mol. The first-order valence-electron chi connectivity index (χ1n) is 6.06. The third-order valence-electron chi connectivity index (χ3n) is 3.06. The summed E-state index contributed by atoms with van der Waals surface area (Å²) < 4.78 is 6.09. The summed E-state index contributed by atoms with van der Waals surface area (Å²) in [7, 11) is 0. The van der Waals surface area contributed by atoms with Gasteiger partial charge in [0.15, 0.2) is 11.2 Å². The molecule has 0 saturated carbocycles. The number of pyridine rings is 1. The van der Waals surface area contributed by atoms with Crippen molar-refractivity contribution in [3.05, 3.63) is 58.2 Å². The average molecular weight is 300 g/mol. The van der Waals surface area contributed by atoms with Gasteiger partial charge in [0.2, 0.25) is 0 Å². The van der Waals surface area contributed by atoms with Crippen molar-refractivity contribution in [1.82, 2.24) is 9.55 Å². The van der Waals surface area contributed by atoms with E-state index in [1.54, 1.807) is 12.1 Å². The van der Waals surface area contributed by atoms with Crippen LogP contribution in [0.15, 0.2) is 45.7 Å². The highest BCUT2D eigenvalue weighted by molar-refractivity contribution is 6.02. The first-order chi connectivity index (χ1) is 10.5. The lowest BCUT2D eigenvalue weighted by molar-refractivity contribution is 0.0651. The second-order valence-corrected chi connectivity index (χ2v) is 4.37. The molecule has 3 rings (SSSR count). The Bertz CT molecular complexity index is 969. The molecule has 2 aromatic heterocycles. The maximum atomic E-state index is 11.9. The van der Waals surface area contributed by atoms with Gasteiger partial charge in [0.05, 0.1) is 16.8 Å². The van der Waals surface area contributed by atoms with E-state index < -0.39 is 23.3 Å². The van der Waals surface area contributed by atoms with Gasteiger partial charge < -0.3 is 14.6 Å². The Hall–Kier alpha value is -3.42.